The zero-order valence-corrected chi connectivity index (χ0v) is 12.3. The van der Waals surface area contributed by atoms with Crippen molar-refractivity contribution in [3.05, 3.63) is 84.3 Å². The number of carbonyl (C=O) groups is 1. The Bertz CT molecular complexity index is 777. The van der Waals surface area contributed by atoms with E-state index in [1.165, 1.54) is 6.20 Å². The first-order valence-corrected chi connectivity index (χ1v) is 7.17. The van der Waals surface area contributed by atoms with Crippen molar-refractivity contribution in [1.82, 2.24) is 15.3 Å². The fraction of sp³-hybridized carbons (Fsp3) is 0.0556. The van der Waals surface area contributed by atoms with E-state index in [-0.39, 0.29) is 5.91 Å². The summed E-state index contributed by atoms with van der Waals surface area (Å²) in [7, 11) is 0. The van der Waals surface area contributed by atoms with Crippen molar-refractivity contribution >= 4 is 5.91 Å². The lowest BCUT2D eigenvalue weighted by atomic mass is 10.2. The molecule has 0 saturated carbocycles. The summed E-state index contributed by atoms with van der Waals surface area (Å²) in [6.07, 6.45) is 4.85. The molecule has 0 saturated heterocycles. The molecule has 0 atom stereocenters. The molecule has 3 aromatic rings. The third-order valence-electron chi connectivity index (χ3n) is 3.14. The lowest BCUT2D eigenvalue weighted by Crippen LogP contribution is -2.22. The number of benzene rings is 1. The molecule has 0 fully saturated rings. The fourth-order valence-electron chi connectivity index (χ4n) is 2.03. The van der Waals surface area contributed by atoms with Gasteiger partial charge in [0.25, 0.3) is 5.91 Å². The molecule has 5 nitrogen and oxygen atoms in total. The number of nitrogens with one attached hydrogen (secondary N) is 1. The van der Waals surface area contributed by atoms with E-state index in [0.29, 0.717) is 23.7 Å². The lowest BCUT2D eigenvalue weighted by molar-refractivity contribution is 0.0950. The topological polar surface area (TPSA) is 64.1 Å². The number of hydrogen-bond donors (Lipinski definition) is 1. The summed E-state index contributed by atoms with van der Waals surface area (Å²) in [5, 5.41) is 2.86. The van der Waals surface area contributed by atoms with E-state index in [1.807, 2.05) is 36.4 Å². The van der Waals surface area contributed by atoms with Crippen molar-refractivity contribution in [2.45, 2.75) is 6.54 Å². The van der Waals surface area contributed by atoms with Gasteiger partial charge in [0.2, 0.25) is 5.88 Å². The lowest BCUT2D eigenvalue weighted by Gasteiger charge is -2.08. The van der Waals surface area contributed by atoms with Crippen molar-refractivity contribution in [2.75, 3.05) is 0 Å². The standard InChI is InChI=1S/C18H15N3O2/c22-18(15-6-4-9-19-13-15)21-12-14-5-3-7-16(11-14)23-17-8-1-2-10-20-17/h1-11,13H,12H2,(H,21,22). The molecule has 1 amide bonds. The van der Waals surface area contributed by atoms with E-state index in [1.54, 1.807) is 30.6 Å². The summed E-state index contributed by atoms with van der Waals surface area (Å²) < 4.78 is 5.68. The second kappa shape index (κ2) is 7.17. The minimum Gasteiger partial charge on any atom is -0.439 e. The van der Waals surface area contributed by atoms with Crippen LogP contribution < -0.4 is 10.1 Å². The molecular formula is C18H15N3O2. The molecule has 114 valence electrons. The van der Waals surface area contributed by atoms with Gasteiger partial charge in [-0.3, -0.25) is 9.78 Å². The number of aromatic nitrogens is 2. The third-order valence-corrected chi connectivity index (χ3v) is 3.14. The van der Waals surface area contributed by atoms with Gasteiger partial charge in [0.15, 0.2) is 0 Å². The summed E-state index contributed by atoms with van der Waals surface area (Å²) in [6, 6.07) is 16.5. The molecule has 0 spiro atoms. The quantitative estimate of drug-likeness (QED) is 0.786. The first-order chi connectivity index (χ1) is 11.3. The molecule has 2 aromatic heterocycles. The Balaban J connectivity index is 1.63. The van der Waals surface area contributed by atoms with Crippen LogP contribution in [0, 0.1) is 0 Å². The fourth-order valence-corrected chi connectivity index (χ4v) is 2.03. The Labute approximate surface area is 134 Å². The smallest absolute Gasteiger partial charge is 0.253 e. The molecule has 5 heteroatoms. The number of ether oxygens (including phenoxy) is 1. The molecule has 0 aliphatic heterocycles. The van der Waals surface area contributed by atoms with Gasteiger partial charge in [0, 0.05) is 31.2 Å². The Kier molecular flexibility index (Phi) is 4.59. The summed E-state index contributed by atoms with van der Waals surface area (Å²) in [6.45, 7) is 0.410. The number of hydrogen-bond acceptors (Lipinski definition) is 4. The van der Waals surface area contributed by atoms with Gasteiger partial charge in [-0.25, -0.2) is 4.98 Å². The minimum atomic E-state index is -0.158. The molecule has 0 unspecified atom stereocenters. The van der Waals surface area contributed by atoms with Crippen molar-refractivity contribution in [2.24, 2.45) is 0 Å². The Hall–Kier alpha value is -3.21. The van der Waals surface area contributed by atoms with E-state index < -0.39 is 0 Å². The monoisotopic (exact) mass is 305 g/mol. The highest BCUT2D eigenvalue weighted by atomic mass is 16.5. The van der Waals surface area contributed by atoms with Crippen LogP contribution >= 0.6 is 0 Å². The minimum absolute atomic E-state index is 0.158. The number of pyridine rings is 2. The molecule has 1 aromatic carbocycles. The van der Waals surface area contributed by atoms with Gasteiger partial charge in [0.1, 0.15) is 5.75 Å². The number of amides is 1. The molecular weight excluding hydrogens is 290 g/mol. The van der Waals surface area contributed by atoms with Gasteiger partial charge in [-0.05, 0) is 35.9 Å². The van der Waals surface area contributed by atoms with Crippen LogP contribution in [-0.4, -0.2) is 15.9 Å². The van der Waals surface area contributed by atoms with E-state index in [4.69, 9.17) is 4.74 Å². The van der Waals surface area contributed by atoms with Crippen LogP contribution in [0.25, 0.3) is 0 Å². The van der Waals surface area contributed by atoms with Crippen LogP contribution in [0.5, 0.6) is 11.6 Å². The van der Waals surface area contributed by atoms with Crippen LogP contribution in [0.4, 0.5) is 0 Å². The van der Waals surface area contributed by atoms with Crippen LogP contribution in [0.2, 0.25) is 0 Å². The van der Waals surface area contributed by atoms with Gasteiger partial charge >= 0.3 is 0 Å². The molecule has 0 bridgehead atoms. The van der Waals surface area contributed by atoms with Gasteiger partial charge < -0.3 is 10.1 Å². The third kappa shape index (κ3) is 4.14. The van der Waals surface area contributed by atoms with E-state index >= 15 is 0 Å². The Morgan fingerprint density at radius 3 is 2.78 bits per heavy atom. The number of rotatable bonds is 5. The highest BCUT2D eigenvalue weighted by Gasteiger charge is 2.05. The maximum Gasteiger partial charge on any atom is 0.253 e. The van der Waals surface area contributed by atoms with Gasteiger partial charge in [-0.15, -0.1) is 0 Å². The molecule has 0 radical (unpaired) electrons. The predicted molar refractivity (Wildman–Crippen MR) is 86.2 cm³/mol. The average molecular weight is 305 g/mol. The van der Waals surface area contributed by atoms with Crippen molar-refractivity contribution in [1.29, 1.82) is 0 Å². The van der Waals surface area contributed by atoms with Crippen molar-refractivity contribution < 1.29 is 9.53 Å². The van der Waals surface area contributed by atoms with Gasteiger partial charge in [-0.1, -0.05) is 18.2 Å². The molecule has 0 aliphatic rings. The second-order valence-corrected chi connectivity index (χ2v) is 4.84. The maximum atomic E-state index is 12.0. The first kappa shape index (κ1) is 14.7. The molecule has 2 heterocycles. The van der Waals surface area contributed by atoms with E-state index in [2.05, 4.69) is 15.3 Å². The zero-order valence-electron chi connectivity index (χ0n) is 12.3. The number of carbonyl (C=O) groups excluding carboxylic acids is 1. The van der Waals surface area contributed by atoms with E-state index in [0.717, 1.165) is 5.56 Å². The molecule has 0 aliphatic carbocycles. The maximum absolute atomic E-state index is 12.0. The predicted octanol–water partition coefficient (Wildman–Crippen LogP) is 3.20. The van der Waals surface area contributed by atoms with Crippen molar-refractivity contribution in [3.63, 3.8) is 0 Å². The summed E-state index contributed by atoms with van der Waals surface area (Å²) in [5.74, 6) is 1.05. The zero-order chi connectivity index (χ0) is 15.9. The molecule has 3 rings (SSSR count). The van der Waals surface area contributed by atoms with Crippen molar-refractivity contribution in [3.8, 4) is 11.6 Å². The summed E-state index contributed by atoms with van der Waals surface area (Å²) >= 11 is 0. The number of nitrogens with zero attached hydrogens (tertiary/aromatic N) is 2. The second-order valence-electron chi connectivity index (χ2n) is 4.84. The van der Waals surface area contributed by atoms with Gasteiger partial charge in [0.05, 0.1) is 5.56 Å². The average Bonchev–Trinajstić information content (AvgIpc) is 2.62. The van der Waals surface area contributed by atoms with Crippen LogP contribution in [0.3, 0.4) is 0 Å². The first-order valence-electron chi connectivity index (χ1n) is 7.17. The van der Waals surface area contributed by atoms with Crippen LogP contribution in [0.15, 0.2) is 73.2 Å². The highest BCUT2D eigenvalue weighted by Crippen LogP contribution is 2.19. The van der Waals surface area contributed by atoms with E-state index in [9.17, 15) is 4.79 Å². The molecule has 23 heavy (non-hydrogen) atoms. The summed E-state index contributed by atoms with van der Waals surface area (Å²) in [5.41, 5.74) is 1.48. The SMILES string of the molecule is O=C(NCc1cccc(Oc2ccccn2)c1)c1cccnc1. The van der Waals surface area contributed by atoms with Crippen LogP contribution in [-0.2, 0) is 6.54 Å². The Morgan fingerprint density at radius 2 is 2.00 bits per heavy atom. The molecule has 1 N–H and O–H groups in total. The van der Waals surface area contributed by atoms with Gasteiger partial charge in [-0.2, -0.15) is 0 Å². The van der Waals surface area contributed by atoms with Crippen LogP contribution in [0.1, 0.15) is 15.9 Å². The Morgan fingerprint density at radius 1 is 1.04 bits per heavy atom. The summed E-state index contributed by atoms with van der Waals surface area (Å²) in [4.78, 5) is 20.1. The highest BCUT2D eigenvalue weighted by molar-refractivity contribution is 5.93. The normalized spacial score (nSPS) is 10.1. The largest absolute Gasteiger partial charge is 0.439 e.